The molecule has 0 nitrogen and oxygen atoms in total. The topological polar surface area (TPSA) is 0 Å². The molecule has 0 saturated carbocycles. The molecule has 0 aromatic heterocycles. The predicted molar refractivity (Wildman–Crippen MR) is 48.2 cm³/mol. The first kappa shape index (κ1) is 6.90. The van der Waals surface area contributed by atoms with E-state index in [1.54, 1.807) is 0 Å². The van der Waals surface area contributed by atoms with E-state index in [4.69, 9.17) is 0 Å². The van der Waals surface area contributed by atoms with Crippen molar-refractivity contribution in [2.75, 3.05) is 0 Å². The zero-order chi connectivity index (χ0) is 7.68. The summed E-state index contributed by atoms with van der Waals surface area (Å²) < 4.78 is 0. The molecule has 0 amide bonds. The van der Waals surface area contributed by atoms with Crippen LogP contribution in [0.3, 0.4) is 0 Å². The van der Waals surface area contributed by atoms with Gasteiger partial charge in [-0.1, -0.05) is 43.4 Å². The van der Waals surface area contributed by atoms with Crippen molar-refractivity contribution in [1.82, 2.24) is 0 Å². The third kappa shape index (κ3) is 1.18. The second-order valence-corrected chi connectivity index (χ2v) is 3.57. The van der Waals surface area contributed by atoms with Gasteiger partial charge in [0.25, 0.3) is 0 Å². The molecular formula is C11H14. The number of hydrogen-bond acceptors (Lipinski definition) is 0. The molecule has 0 heteroatoms. The molecule has 0 N–H and O–H groups in total. The van der Waals surface area contributed by atoms with Crippen molar-refractivity contribution in [3.63, 3.8) is 0 Å². The Hall–Kier alpha value is -0.780. The molecule has 0 saturated heterocycles. The van der Waals surface area contributed by atoms with Gasteiger partial charge in [0.15, 0.2) is 0 Å². The standard InChI is InChI=1S/C11H14/c1-9-5-4-7-10-6-2-3-8-11(9)10/h2-4,6-11H,5H2,1H3. The van der Waals surface area contributed by atoms with E-state index < -0.39 is 0 Å². The van der Waals surface area contributed by atoms with Gasteiger partial charge in [-0.25, -0.2) is 0 Å². The highest BCUT2D eigenvalue weighted by atomic mass is 14.3. The second-order valence-electron chi connectivity index (χ2n) is 3.57. The van der Waals surface area contributed by atoms with Crippen LogP contribution >= 0.6 is 0 Å². The molecule has 0 heterocycles. The lowest BCUT2D eigenvalue weighted by atomic mass is 9.75. The summed E-state index contributed by atoms with van der Waals surface area (Å²) in [5.74, 6) is 2.28. The molecule has 2 aliphatic rings. The zero-order valence-corrected chi connectivity index (χ0v) is 6.90. The fourth-order valence-corrected chi connectivity index (χ4v) is 2.01. The highest BCUT2D eigenvalue weighted by Gasteiger charge is 2.24. The van der Waals surface area contributed by atoms with Crippen molar-refractivity contribution in [3.8, 4) is 0 Å². The number of allylic oxidation sites excluding steroid dienone is 6. The molecule has 11 heavy (non-hydrogen) atoms. The highest BCUT2D eigenvalue weighted by molar-refractivity contribution is 5.21. The summed E-state index contributed by atoms with van der Waals surface area (Å²) in [5.41, 5.74) is 0. The number of hydrogen-bond donors (Lipinski definition) is 0. The number of fused-ring (bicyclic) bond motifs is 1. The van der Waals surface area contributed by atoms with E-state index in [-0.39, 0.29) is 0 Å². The number of rotatable bonds is 0. The van der Waals surface area contributed by atoms with Gasteiger partial charge in [0.2, 0.25) is 0 Å². The minimum atomic E-state index is 0.684. The first-order chi connectivity index (χ1) is 5.38. The summed E-state index contributed by atoms with van der Waals surface area (Å²) in [6, 6.07) is 0. The molecular weight excluding hydrogens is 132 g/mol. The van der Waals surface area contributed by atoms with Crippen LogP contribution in [0.1, 0.15) is 13.3 Å². The average molecular weight is 146 g/mol. The molecule has 0 aromatic rings. The van der Waals surface area contributed by atoms with Crippen LogP contribution in [-0.2, 0) is 0 Å². The molecule has 58 valence electrons. The van der Waals surface area contributed by atoms with Crippen molar-refractivity contribution in [2.45, 2.75) is 13.3 Å². The fourth-order valence-electron chi connectivity index (χ4n) is 2.01. The first-order valence-corrected chi connectivity index (χ1v) is 4.39. The third-order valence-corrected chi connectivity index (χ3v) is 2.75. The van der Waals surface area contributed by atoms with Crippen LogP contribution in [0.2, 0.25) is 0 Å². The van der Waals surface area contributed by atoms with Gasteiger partial charge in [-0.15, -0.1) is 0 Å². The predicted octanol–water partition coefficient (Wildman–Crippen LogP) is 2.94. The molecule has 3 unspecified atom stereocenters. The van der Waals surface area contributed by atoms with Crippen LogP contribution in [0.15, 0.2) is 36.5 Å². The Morgan fingerprint density at radius 2 is 1.91 bits per heavy atom. The van der Waals surface area contributed by atoms with E-state index in [0.717, 1.165) is 11.8 Å². The fraction of sp³-hybridized carbons (Fsp3) is 0.455. The summed E-state index contributed by atoms with van der Waals surface area (Å²) in [6.07, 6.45) is 14.9. The van der Waals surface area contributed by atoms with Gasteiger partial charge < -0.3 is 0 Å². The van der Waals surface area contributed by atoms with E-state index in [1.165, 1.54) is 6.42 Å². The summed E-state index contributed by atoms with van der Waals surface area (Å²) in [7, 11) is 0. The van der Waals surface area contributed by atoms with Crippen LogP contribution in [0, 0.1) is 17.8 Å². The van der Waals surface area contributed by atoms with Crippen LogP contribution in [-0.4, -0.2) is 0 Å². The lowest BCUT2D eigenvalue weighted by Gasteiger charge is -2.30. The third-order valence-electron chi connectivity index (χ3n) is 2.75. The van der Waals surface area contributed by atoms with E-state index in [2.05, 4.69) is 43.4 Å². The summed E-state index contributed by atoms with van der Waals surface area (Å²) in [4.78, 5) is 0. The lowest BCUT2D eigenvalue weighted by Crippen LogP contribution is -2.21. The van der Waals surface area contributed by atoms with Crippen LogP contribution in [0.25, 0.3) is 0 Å². The SMILES string of the molecule is CC1CC=CC2C=CC=CC21. The van der Waals surface area contributed by atoms with Crippen molar-refractivity contribution in [2.24, 2.45) is 17.8 Å². The molecule has 0 aliphatic heterocycles. The first-order valence-electron chi connectivity index (χ1n) is 4.39. The Morgan fingerprint density at radius 3 is 2.73 bits per heavy atom. The maximum Gasteiger partial charge on any atom is 0.00153 e. The van der Waals surface area contributed by atoms with Crippen molar-refractivity contribution in [1.29, 1.82) is 0 Å². The van der Waals surface area contributed by atoms with Crippen LogP contribution in [0.4, 0.5) is 0 Å². The Bertz CT molecular complexity index is 220. The van der Waals surface area contributed by atoms with Crippen molar-refractivity contribution < 1.29 is 0 Å². The molecule has 0 bridgehead atoms. The Balaban J connectivity index is 2.25. The van der Waals surface area contributed by atoms with Gasteiger partial charge in [-0.05, 0) is 18.3 Å². The zero-order valence-electron chi connectivity index (χ0n) is 6.90. The monoisotopic (exact) mass is 146 g/mol. The van der Waals surface area contributed by atoms with Crippen LogP contribution in [0.5, 0.6) is 0 Å². The molecule has 0 spiro atoms. The molecule has 2 rings (SSSR count). The minimum absolute atomic E-state index is 0.684. The molecule has 0 aromatic carbocycles. The van der Waals surface area contributed by atoms with Gasteiger partial charge in [0.1, 0.15) is 0 Å². The summed E-state index contributed by atoms with van der Waals surface area (Å²) >= 11 is 0. The van der Waals surface area contributed by atoms with E-state index in [1.807, 2.05) is 0 Å². The Labute approximate surface area is 68.3 Å². The smallest absolute Gasteiger partial charge is 0.00153 e. The molecule has 2 aliphatic carbocycles. The molecule has 0 fully saturated rings. The quantitative estimate of drug-likeness (QED) is 0.461. The summed E-state index contributed by atoms with van der Waals surface area (Å²) in [5, 5.41) is 0. The van der Waals surface area contributed by atoms with Gasteiger partial charge in [-0.3, -0.25) is 0 Å². The van der Waals surface area contributed by atoms with Gasteiger partial charge in [0, 0.05) is 5.92 Å². The maximum atomic E-state index is 2.35. The normalized spacial score (nSPS) is 40.6. The van der Waals surface area contributed by atoms with E-state index in [0.29, 0.717) is 5.92 Å². The van der Waals surface area contributed by atoms with Gasteiger partial charge in [0.05, 0.1) is 0 Å². The average Bonchev–Trinajstić information content (AvgIpc) is 2.06. The largest absolute Gasteiger partial charge is 0.0876 e. The molecule has 0 radical (unpaired) electrons. The van der Waals surface area contributed by atoms with Gasteiger partial charge in [-0.2, -0.15) is 0 Å². The minimum Gasteiger partial charge on any atom is -0.0876 e. The van der Waals surface area contributed by atoms with E-state index >= 15 is 0 Å². The van der Waals surface area contributed by atoms with Crippen molar-refractivity contribution in [3.05, 3.63) is 36.5 Å². The Kier molecular flexibility index (Phi) is 1.69. The van der Waals surface area contributed by atoms with Crippen molar-refractivity contribution >= 4 is 0 Å². The van der Waals surface area contributed by atoms with Gasteiger partial charge >= 0.3 is 0 Å². The second kappa shape index (κ2) is 2.69. The summed E-state index contributed by atoms with van der Waals surface area (Å²) in [6.45, 7) is 2.34. The van der Waals surface area contributed by atoms with Crippen LogP contribution < -0.4 is 0 Å². The lowest BCUT2D eigenvalue weighted by molar-refractivity contribution is 0.363. The molecule has 3 atom stereocenters. The Morgan fingerprint density at radius 1 is 1.09 bits per heavy atom. The highest BCUT2D eigenvalue weighted by Crippen LogP contribution is 2.33. The maximum absolute atomic E-state index is 2.35. The van der Waals surface area contributed by atoms with E-state index in [9.17, 15) is 0 Å².